The van der Waals surface area contributed by atoms with E-state index in [1.807, 2.05) is 18.2 Å². The fourth-order valence-electron chi connectivity index (χ4n) is 2.30. The van der Waals surface area contributed by atoms with E-state index in [0.717, 1.165) is 40.6 Å². The van der Waals surface area contributed by atoms with Gasteiger partial charge in [-0.15, -0.1) is 0 Å². The van der Waals surface area contributed by atoms with Crippen LogP contribution in [-0.4, -0.2) is 19.7 Å². The number of unbranched alkanes of at least 4 members (excludes halogenated alkanes) is 7. The van der Waals surface area contributed by atoms with Crippen molar-refractivity contribution in [2.24, 2.45) is 0 Å². The van der Waals surface area contributed by atoms with Crippen LogP contribution in [0.3, 0.4) is 0 Å². The Hall–Kier alpha value is -0.550. The molecule has 0 unspecified atom stereocenters. The Bertz CT molecular complexity index is 464. The van der Waals surface area contributed by atoms with Crippen LogP contribution in [0.5, 0.6) is 5.75 Å². The van der Waals surface area contributed by atoms with Crippen LogP contribution in [0.25, 0.3) is 0 Å². The summed E-state index contributed by atoms with van der Waals surface area (Å²) in [6.45, 7) is 0.758. The molecule has 1 aromatic rings. The summed E-state index contributed by atoms with van der Waals surface area (Å²) in [6, 6.07) is 5.96. The van der Waals surface area contributed by atoms with Gasteiger partial charge in [-0.1, -0.05) is 54.5 Å². The zero-order valence-electron chi connectivity index (χ0n) is 13.8. The molecule has 0 aliphatic carbocycles. The molecule has 0 aromatic heterocycles. The molecule has 1 rings (SSSR count). The SMILES string of the molecule is COC(=O)CCCCCCCCCCOc1cc(Br)ccc1Br. The van der Waals surface area contributed by atoms with Crippen LogP contribution < -0.4 is 4.74 Å². The van der Waals surface area contributed by atoms with Gasteiger partial charge in [0, 0.05) is 10.9 Å². The lowest BCUT2D eigenvalue weighted by Crippen LogP contribution is -1.99. The third-order valence-corrected chi connectivity index (χ3v) is 4.80. The van der Waals surface area contributed by atoms with E-state index >= 15 is 0 Å². The third-order valence-electron chi connectivity index (χ3n) is 3.65. The lowest BCUT2D eigenvalue weighted by molar-refractivity contribution is -0.140. The first-order chi connectivity index (χ1) is 11.1. The smallest absolute Gasteiger partial charge is 0.305 e. The van der Waals surface area contributed by atoms with Crippen molar-refractivity contribution in [2.75, 3.05) is 13.7 Å². The van der Waals surface area contributed by atoms with Crippen LogP contribution in [-0.2, 0) is 9.53 Å². The number of hydrogen-bond acceptors (Lipinski definition) is 3. The second-order valence-electron chi connectivity index (χ2n) is 5.58. The number of carbonyl (C=O) groups is 1. The van der Waals surface area contributed by atoms with Crippen molar-refractivity contribution >= 4 is 37.8 Å². The van der Waals surface area contributed by atoms with Crippen molar-refractivity contribution < 1.29 is 14.3 Å². The largest absolute Gasteiger partial charge is 0.492 e. The number of ether oxygens (including phenoxy) is 2. The maximum absolute atomic E-state index is 10.9. The molecule has 1 aromatic carbocycles. The van der Waals surface area contributed by atoms with Crippen LogP contribution in [0, 0.1) is 0 Å². The van der Waals surface area contributed by atoms with Crippen molar-refractivity contribution in [3.8, 4) is 5.75 Å². The summed E-state index contributed by atoms with van der Waals surface area (Å²) in [4.78, 5) is 10.9. The minimum atomic E-state index is -0.0953. The topological polar surface area (TPSA) is 35.5 Å². The molecule has 0 heterocycles. The zero-order chi connectivity index (χ0) is 16.9. The van der Waals surface area contributed by atoms with E-state index in [9.17, 15) is 4.79 Å². The molecule has 0 aliphatic heterocycles. The fraction of sp³-hybridized carbons (Fsp3) is 0.611. The molecule has 0 atom stereocenters. The summed E-state index contributed by atoms with van der Waals surface area (Å²) in [5.74, 6) is 0.798. The summed E-state index contributed by atoms with van der Waals surface area (Å²) in [5.41, 5.74) is 0. The summed E-state index contributed by atoms with van der Waals surface area (Å²) in [7, 11) is 1.45. The molecule has 0 bridgehead atoms. The Balaban J connectivity index is 1.92. The first kappa shape index (κ1) is 20.5. The highest BCUT2D eigenvalue weighted by Crippen LogP contribution is 2.28. The molecule has 0 spiro atoms. The van der Waals surface area contributed by atoms with Gasteiger partial charge >= 0.3 is 5.97 Å². The molecular formula is C18H26Br2O3. The lowest BCUT2D eigenvalue weighted by atomic mass is 10.1. The highest BCUT2D eigenvalue weighted by Gasteiger charge is 2.02. The van der Waals surface area contributed by atoms with Crippen molar-refractivity contribution in [3.05, 3.63) is 27.1 Å². The number of hydrogen-bond donors (Lipinski definition) is 0. The van der Waals surface area contributed by atoms with Crippen LogP contribution >= 0.6 is 31.9 Å². The predicted molar refractivity (Wildman–Crippen MR) is 101 cm³/mol. The van der Waals surface area contributed by atoms with Gasteiger partial charge in [0.25, 0.3) is 0 Å². The zero-order valence-corrected chi connectivity index (χ0v) is 17.0. The highest BCUT2D eigenvalue weighted by atomic mass is 79.9. The molecule has 0 amide bonds. The Kier molecular flexibility index (Phi) is 11.4. The predicted octanol–water partition coefficient (Wildman–Crippen LogP) is 6.27. The molecule has 5 heteroatoms. The number of esters is 1. The maximum atomic E-state index is 10.9. The van der Waals surface area contributed by atoms with Gasteiger partial charge in [0.05, 0.1) is 18.2 Å². The van der Waals surface area contributed by atoms with E-state index in [1.165, 1.54) is 39.2 Å². The lowest BCUT2D eigenvalue weighted by Gasteiger charge is -2.08. The minimum absolute atomic E-state index is 0.0953. The molecular weight excluding hydrogens is 424 g/mol. The first-order valence-electron chi connectivity index (χ1n) is 8.28. The van der Waals surface area contributed by atoms with Crippen LogP contribution in [0.15, 0.2) is 27.1 Å². The molecule has 0 radical (unpaired) electrons. The Morgan fingerprint density at radius 2 is 1.57 bits per heavy atom. The minimum Gasteiger partial charge on any atom is -0.492 e. The van der Waals surface area contributed by atoms with Crippen molar-refractivity contribution in [3.63, 3.8) is 0 Å². The molecule has 0 fully saturated rings. The van der Waals surface area contributed by atoms with Gasteiger partial charge in [-0.2, -0.15) is 0 Å². The van der Waals surface area contributed by atoms with E-state index in [2.05, 4.69) is 36.6 Å². The number of halogens is 2. The van der Waals surface area contributed by atoms with Crippen LogP contribution in [0.4, 0.5) is 0 Å². The number of methoxy groups -OCH3 is 1. The summed E-state index contributed by atoms with van der Waals surface area (Å²) >= 11 is 6.94. The summed E-state index contributed by atoms with van der Waals surface area (Å²) in [6.07, 6.45) is 9.88. The van der Waals surface area contributed by atoms with Crippen LogP contribution in [0.2, 0.25) is 0 Å². The van der Waals surface area contributed by atoms with Crippen molar-refractivity contribution in [1.29, 1.82) is 0 Å². The van der Waals surface area contributed by atoms with Crippen molar-refractivity contribution in [1.82, 2.24) is 0 Å². The highest BCUT2D eigenvalue weighted by molar-refractivity contribution is 9.11. The molecule has 0 N–H and O–H groups in total. The van der Waals surface area contributed by atoms with E-state index in [0.29, 0.717) is 6.42 Å². The van der Waals surface area contributed by atoms with E-state index < -0.39 is 0 Å². The fourth-order valence-corrected chi connectivity index (χ4v) is 3.01. The van der Waals surface area contributed by atoms with Crippen molar-refractivity contribution in [2.45, 2.75) is 57.8 Å². The second-order valence-corrected chi connectivity index (χ2v) is 7.35. The maximum Gasteiger partial charge on any atom is 0.305 e. The second kappa shape index (κ2) is 12.8. The van der Waals surface area contributed by atoms with Gasteiger partial charge in [-0.05, 0) is 47.0 Å². The third kappa shape index (κ3) is 10.0. The normalized spacial score (nSPS) is 10.6. The molecule has 0 saturated heterocycles. The summed E-state index contributed by atoms with van der Waals surface area (Å²) in [5, 5.41) is 0. The van der Waals surface area contributed by atoms with Gasteiger partial charge in [-0.25, -0.2) is 0 Å². The average Bonchev–Trinajstić information content (AvgIpc) is 2.55. The number of carbonyl (C=O) groups excluding carboxylic acids is 1. The quantitative estimate of drug-likeness (QED) is 0.278. The Morgan fingerprint density at radius 1 is 0.957 bits per heavy atom. The standard InChI is InChI=1S/C18H26Br2O3/c1-22-18(21)10-8-6-4-2-3-5-7-9-13-23-17-14-15(19)11-12-16(17)20/h11-12,14H,2-10,13H2,1H3. The van der Waals surface area contributed by atoms with Gasteiger partial charge in [-0.3, -0.25) is 4.79 Å². The molecule has 0 aliphatic rings. The van der Waals surface area contributed by atoms with Crippen LogP contribution in [0.1, 0.15) is 57.8 Å². The Labute approximate surface area is 156 Å². The van der Waals surface area contributed by atoms with E-state index in [4.69, 9.17) is 4.74 Å². The molecule has 130 valence electrons. The van der Waals surface area contributed by atoms with E-state index in [-0.39, 0.29) is 5.97 Å². The average molecular weight is 450 g/mol. The number of benzene rings is 1. The van der Waals surface area contributed by atoms with Gasteiger partial charge < -0.3 is 9.47 Å². The van der Waals surface area contributed by atoms with Gasteiger partial charge in [0.2, 0.25) is 0 Å². The first-order valence-corrected chi connectivity index (χ1v) is 9.86. The van der Waals surface area contributed by atoms with E-state index in [1.54, 1.807) is 0 Å². The monoisotopic (exact) mass is 448 g/mol. The Morgan fingerprint density at radius 3 is 2.22 bits per heavy atom. The molecule has 3 nitrogen and oxygen atoms in total. The molecule has 0 saturated carbocycles. The summed E-state index contributed by atoms with van der Waals surface area (Å²) < 4.78 is 12.4. The van der Waals surface area contributed by atoms with Gasteiger partial charge in [0.1, 0.15) is 5.75 Å². The molecule has 23 heavy (non-hydrogen) atoms. The van der Waals surface area contributed by atoms with Gasteiger partial charge in [0.15, 0.2) is 0 Å². The number of rotatable bonds is 12.